The van der Waals surface area contributed by atoms with Gasteiger partial charge in [0.15, 0.2) is 5.78 Å². The zero-order valence-corrected chi connectivity index (χ0v) is 13.3. The number of hydrogen-bond donors (Lipinski definition) is 0. The van der Waals surface area contributed by atoms with Gasteiger partial charge in [-0.2, -0.15) is 0 Å². The lowest BCUT2D eigenvalue weighted by atomic mass is 9.77. The van der Waals surface area contributed by atoms with E-state index < -0.39 is 0 Å². The predicted molar refractivity (Wildman–Crippen MR) is 86.3 cm³/mol. The Morgan fingerprint density at radius 1 is 1.23 bits per heavy atom. The molecule has 5 heteroatoms. The summed E-state index contributed by atoms with van der Waals surface area (Å²) in [6.07, 6.45) is 3.04. The van der Waals surface area contributed by atoms with Gasteiger partial charge >= 0.3 is 0 Å². The number of rotatable bonds is 5. The second kappa shape index (κ2) is 6.78. The number of pyridine rings is 1. The van der Waals surface area contributed by atoms with Crippen molar-refractivity contribution in [2.45, 2.75) is 25.6 Å². The van der Waals surface area contributed by atoms with Gasteiger partial charge in [0.2, 0.25) is 0 Å². The minimum absolute atomic E-state index is 0.0220. The highest BCUT2D eigenvalue weighted by atomic mass is 35.5. The Balaban J connectivity index is 1.51. The van der Waals surface area contributed by atoms with Crippen LogP contribution in [0.15, 0.2) is 42.6 Å². The summed E-state index contributed by atoms with van der Waals surface area (Å²) in [5.41, 5.74) is 1.58. The third-order valence-electron chi connectivity index (χ3n) is 3.88. The number of aromatic nitrogens is 1. The van der Waals surface area contributed by atoms with E-state index in [4.69, 9.17) is 27.9 Å². The number of halogens is 2. The molecule has 1 aliphatic rings. The fourth-order valence-corrected chi connectivity index (χ4v) is 2.97. The molecule has 1 aromatic heterocycles. The fraction of sp³-hybridized carbons (Fsp3) is 0.294. The van der Waals surface area contributed by atoms with Crippen molar-refractivity contribution in [3.05, 3.63) is 63.9 Å². The largest absolute Gasteiger partial charge is 0.373 e. The normalized spacial score (nSPS) is 20.5. The third-order valence-corrected chi connectivity index (χ3v) is 4.40. The zero-order valence-electron chi connectivity index (χ0n) is 11.8. The smallest absolute Gasteiger partial charge is 0.169 e. The van der Waals surface area contributed by atoms with Crippen LogP contribution in [-0.2, 0) is 11.3 Å². The van der Waals surface area contributed by atoms with Gasteiger partial charge in [0, 0.05) is 12.1 Å². The molecule has 3 nitrogen and oxygen atoms in total. The molecule has 0 unspecified atom stereocenters. The minimum atomic E-state index is -0.0405. The van der Waals surface area contributed by atoms with Crippen molar-refractivity contribution in [2.75, 3.05) is 0 Å². The van der Waals surface area contributed by atoms with Crippen molar-refractivity contribution in [3.63, 3.8) is 0 Å². The molecule has 0 spiro atoms. The number of ether oxygens (including phenoxy) is 1. The first-order valence-electron chi connectivity index (χ1n) is 7.14. The van der Waals surface area contributed by atoms with Crippen molar-refractivity contribution in [1.82, 2.24) is 4.98 Å². The number of carbonyl (C=O) groups is 1. The molecule has 0 atom stereocenters. The van der Waals surface area contributed by atoms with Gasteiger partial charge < -0.3 is 4.74 Å². The molecule has 0 saturated heterocycles. The Morgan fingerprint density at radius 2 is 1.95 bits per heavy atom. The maximum atomic E-state index is 12.4. The molecule has 0 N–H and O–H groups in total. The van der Waals surface area contributed by atoms with Gasteiger partial charge in [-0.25, -0.2) is 4.98 Å². The van der Waals surface area contributed by atoms with Crippen molar-refractivity contribution < 1.29 is 9.53 Å². The van der Waals surface area contributed by atoms with Crippen LogP contribution in [0, 0.1) is 5.92 Å². The molecule has 3 rings (SSSR count). The molecule has 0 amide bonds. The minimum Gasteiger partial charge on any atom is -0.373 e. The summed E-state index contributed by atoms with van der Waals surface area (Å²) in [4.78, 5) is 16.3. The van der Waals surface area contributed by atoms with E-state index in [-0.39, 0.29) is 17.8 Å². The molecular weight excluding hydrogens is 321 g/mol. The molecule has 22 heavy (non-hydrogen) atoms. The molecule has 0 radical (unpaired) electrons. The number of benzene rings is 1. The van der Waals surface area contributed by atoms with E-state index in [1.165, 1.54) is 12.3 Å². The average molecular weight is 336 g/mol. The number of ketones is 1. The maximum Gasteiger partial charge on any atom is 0.169 e. The number of carbonyl (C=O) groups excluding carboxylic acids is 1. The Hall–Kier alpha value is -1.42. The first-order valence-corrected chi connectivity index (χ1v) is 7.90. The molecule has 2 aromatic rings. The van der Waals surface area contributed by atoms with E-state index >= 15 is 0 Å². The van der Waals surface area contributed by atoms with Crippen LogP contribution >= 0.6 is 23.2 Å². The third kappa shape index (κ3) is 3.49. The first-order chi connectivity index (χ1) is 10.6. The summed E-state index contributed by atoms with van der Waals surface area (Å²) in [5, 5.41) is 0.651. The molecule has 1 fully saturated rings. The predicted octanol–water partition coefficient (Wildman–Crippen LogP) is 4.57. The molecule has 1 aromatic carbocycles. The lowest BCUT2D eigenvalue weighted by molar-refractivity contribution is -0.0330. The van der Waals surface area contributed by atoms with Gasteiger partial charge in [-0.05, 0) is 24.5 Å². The molecule has 114 valence electrons. The second-order valence-electron chi connectivity index (χ2n) is 5.44. The molecule has 0 aliphatic heterocycles. The number of nitrogens with zero attached hydrogens (tertiary/aromatic N) is 1. The monoisotopic (exact) mass is 335 g/mol. The number of hydrogen-bond acceptors (Lipinski definition) is 3. The molecular formula is C17H15Cl2NO2. The summed E-state index contributed by atoms with van der Waals surface area (Å²) in [6.45, 7) is 0.579. The van der Waals surface area contributed by atoms with E-state index in [0.29, 0.717) is 22.3 Å². The van der Waals surface area contributed by atoms with Crippen LogP contribution in [-0.4, -0.2) is 16.9 Å². The van der Waals surface area contributed by atoms with E-state index in [2.05, 4.69) is 4.98 Å². The Labute approximate surface area is 139 Å². The van der Waals surface area contributed by atoms with Crippen LogP contribution in [0.1, 0.15) is 28.8 Å². The lowest BCUT2D eigenvalue weighted by Crippen LogP contribution is -2.36. The van der Waals surface area contributed by atoms with E-state index in [1.807, 2.05) is 30.3 Å². The van der Waals surface area contributed by atoms with E-state index in [9.17, 15) is 4.79 Å². The maximum absolute atomic E-state index is 12.4. The summed E-state index contributed by atoms with van der Waals surface area (Å²) in [5.74, 6) is -0.0185. The highest BCUT2D eigenvalue weighted by Crippen LogP contribution is 2.35. The van der Waals surface area contributed by atoms with Crippen LogP contribution in [0.4, 0.5) is 0 Å². The van der Waals surface area contributed by atoms with E-state index in [1.54, 1.807) is 0 Å². The van der Waals surface area contributed by atoms with Crippen molar-refractivity contribution >= 4 is 29.0 Å². The summed E-state index contributed by atoms with van der Waals surface area (Å²) in [7, 11) is 0. The van der Waals surface area contributed by atoms with Crippen molar-refractivity contribution in [1.29, 1.82) is 0 Å². The van der Waals surface area contributed by atoms with Crippen LogP contribution in [0.25, 0.3) is 0 Å². The van der Waals surface area contributed by atoms with Gasteiger partial charge in [-0.1, -0.05) is 53.5 Å². The lowest BCUT2D eigenvalue weighted by Gasteiger charge is -2.34. The molecule has 1 heterocycles. The van der Waals surface area contributed by atoms with Crippen LogP contribution in [0.2, 0.25) is 10.2 Å². The number of Topliss-reactive ketones (excluding diaryl/α,β-unsaturated/α-hetero) is 1. The Morgan fingerprint density at radius 3 is 2.64 bits per heavy atom. The van der Waals surface area contributed by atoms with Crippen molar-refractivity contribution in [3.8, 4) is 0 Å². The van der Waals surface area contributed by atoms with Crippen LogP contribution in [0.3, 0.4) is 0 Å². The fourth-order valence-electron chi connectivity index (χ4n) is 2.51. The van der Waals surface area contributed by atoms with Gasteiger partial charge in [-0.15, -0.1) is 0 Å². The zero-order chi connectivity index (χ0) is 15.5. The topological polar surface area (TPSA) is 39.2 Å². The summed E-state index contributed by atoms with van der Waals surface area (Å²) in [6, 6.07) is 11.5. The SMILES string of the molecule is O=C(c1cnc(Cl)cc1Cl)C1CC(OCc2ccccc2)C1. The molecule has 0 bridgehead atoms. The molecule has 1 saturated carbocycles. The van der Waals surface area contributed by atoms with Gasteiger partial charge in [-0.3, -0.25) is 4.79 Å². The van der Waals surface area contributed by atoms with Gasteiger partial charge in [0.05, 0.1) is 23.3 Å². The average Bonchev–Trinajstić information content (AvgIpc) is 2.46. The van der Waals surface area contributed by atoms with E-state index in [0.717, 1.165) is 18.4 Å². The summed E-state index contributed by atoms with van der Waals surface area (Å²) < 4.78 is 5.81. The highest BCUT2D eigenvalue weighted by Gasteiger charge is 2.36. The Bertz CT molecular complexity index is 670. The van der Waals surface area contributed by atoms with Gasteiger partial charge in [0.1, 0.15) is 5.15 Å². The second-order valence-corrected chi connectivity index (χ2v) is 6.23. The summed E-state index contributed by atoms with van der Waals surface area (Å²) >= 11 is 11.8. The highest BCUT2D eigenvalue weighted by molar-refractivity contribution is 6.36. The van der Waals surface area contributed by atoms with Crippen molar-refractivity contribution in [2.24, 2.45) is 5.92 Å². The standard InChI is InChI=1S/C17H15Cl2NO2/c18-15-8-16(19)20-9-14(15)17(21)12-6-13(7-12)22-10-11-4-2-1-3-5-11/h1-5,8-9,12-13H,6-7,10H2. The quantitative estimate of drug-likeness (QED) is 0.593. The van der Waals surface area contributed by atoms with Crippen LogP contribution < -0.4 is 0 Å². The Kier molecular flexibility index (Phi) is 4.77. The van der Waals surface area contributed by atoms with Crippen LogP contribution in [0.5, 0.6) is 0 Å². The first kappa shape index (κ1) is 15.5. The molecule has 1 aliphatic carbocycles. The van der Waals surface area contributed by atoms with Gasteiger partial charge in [0.25, 0.3) is 0 Å².